The van der Waals surface area contributed by atoms with Crippen LogP contribution in [0.2, 0.25) is 0 Å². The van der Waals surface area contributed by atoms with E-state index in [1.165, 1.54) is 0 Å². The van der Waals surface area contributed by atoms with Crippen molar-refractivity contribution in [3.05, 3.63) is 0 Å². The zero-order valence-electron chi connectivity index (χ0n) is 8.95. The molecule has 2 N–H and O–H groups in total. The third-order valence-corrected chi connectivity index (χ3v) is 1.87. The van der Waals surface area contributed by atoms with E-state index in [-0.39, 0.29) is 24.9 Å². The minimum Gasteiger partial charge on any atom is -0.354 e. The maximum absolute atomic E-state index is 11.7. The molecule has 0 radical (unpaired) electrons. The molecule has 0 fully saturated rings. The van der Waals surface area contributed by atoms with Gasteiger partial charge >= 0.3 is 6.18 Å². The van der Waals surface area contributed by atoms with Crippen molar-refractivity contribution in [1.82, 2.24) is 10.6 Å². The van der Waals surface area contributed by atoms with Crippen molar-refractivity contribution >= 4 is 5.91 Å². The number of halogens is 3. The van der Waals surface area contributed by atoms with Gasteiger partial charge in [0.1, 0.15) is 0 Å². The number of rotatable bonds is 6. The number of carbonyl (C=O) groups excluding carboxylic acids is 1. The summed E-state index contributed by atoms with van der Waals surface area (Å²) >= 11 is 0. The highest BCUT2D eigenvalue weighted by Crippen LogP contribution is 2.11. The van der Waals surface area contributed by atoms with Gasteiger partial charge in [0.15, 0.2) is 0 Å². The Bertz CT molecular complexity index is 194. The molecule has 0 heterocycles. The first kappa shape index (κ1) is 14.2. The Hall–Kier alpha value is -0.780. The van der Waals surface area contributed by atoms with Gasteiger partial charge in [-0.2, -0.15) is 13.2 Å². The third-order valence-electron chi connectivity index (χ3n) is 1.87. The summed E-state index contributed by atoms with van der Waals surface area (Å²) in [6.07, 6.45) is -3.34. The van der Waals surface area contributed by atoms with Crippen LogP contribution in [0.4, 0.5) is 13.2 Å². The normalized spacial score (nSPS) is 13.7. The Balaban J connectivity index is 3.48. The molecule has 0 bridgehead atoms. The highest BCUT2D eigenvalue weighted by atomic mass is 19.4. The molecule has 0 aliphatic heterocycles. The highest BCUT2D eigenvalue weighted by Gasteiger charge is 2.26. The van der Waals surface area contributed by atoms with Crippen molar-refractivity contribution < 1.29 is 18.0 Å². The van der Waals surface area contributed by atoms with Gasteiger partial charge in [-0.25, -0.2) is 0 Å². The summed E-state index contributed by atoms with van der Waals surface area (Å²) in [6, 6.07) is 0.0696. The molecular weight excluding hydrogens is 209 g/mol. The first-order valence-electron chi connectivity index (χ1n) is 4.92. The molecule has 1 atom stereocenters. The second-order valence-corrected chi connectivity index (χ2v) is 3.42. The monoisotopic (exact) mass is 226 g/mol. The van der Waals surface area contributed by atoms with Crippen molar-refractivity contribution in [3.8, 4) is 0 Å². The number of nitrogens with one attached hydrogen (secondary N) is 2. The Morgan fingerprint density at radius 1 is 1.40 bits per heavy atom. The van der Waals surface area contributed by atoms with Crippen molar-refractivity contribution in [2.24, 2.45) is 0 Å². The van der Waals surface area contributed by atoms with Gasteiger partial charge in [-0.05, 0) is 13.3 Å². The first-order chi connectivity index (χ1) is 6.85. The van der Waals surface area contributed by atoms with E-state index in [0.29, 0.717) is 0 Å². The van der Waals surface area contributed by atoms with Crippen LogP contribution >= 0.6 is 0 Å². The van der Waals surface area contributed by atoms with Crippen LogP contribution in [0.3, 0.4) is 0 Å². The molecule has 0 saturated heterocycles. The number of amides is 1. The lowest BCUT2D eigenvalue weighted by molar-refractivity contribution is -0.127. The van der Waals surface area contributed by atoms with E-state index in [0.717, 1.165) is 6.42 Å². The van der Waals surface area contributed by atoms with E-state index < -0.39 is 12.7 Å². The van der Waals surface area contributed by atoms with Gasteiger partial charge in [0.2, 0.25) is 5.91 Å². The maximum atomic E-state index is 11.7. The molecule has 0 spiro atoms. The molecule has 90 valence electrons. The summed E-state index contributed by atoms with van der Waals surface area (Å²) in [4.78, 5) is 11.1. The van der Waals surface area contributed by atoms with Gasteiger partial charge in [-0.15, -0.1) is 0 Å². The lowest BCUT2D eigenvalue weighted by atomic mass is 10.2. The Kier molecular flexibility index (Phi) is 6.31. The highest BCUT2D eigenvalue weighted by molar-refractivity contribution is 5.76. The molecule has 0 rings (SSSR count). The maximum Gasteiger partial charge on any atom is 0.401 e. The van der Waals surface area contributed by atoms with Crippen LogP contribution in [0.15, 0.2) is 0 Å². The predicted octanol–water partition coefficient (Wildman–Crippen LogP) is 1.44. The van der Waals surface area contributed by atoms with E-state index in [4.69, 9.17) is 0 Å². The van der Waals surface area contributed by atoms with Gasteiger partial charge in [0.25, 0.3) is 0 Å². The average Bonchev–Trinajstić information content (AvgIpc) is 2.11. The van der Waals surface area contributed by atoms with E-state index in [1.807, 2.05) is 13.8 Å². The summed E-state index contributed by atoms with van der Waals surface area (Å²) < 4.78 is 35.0. The third kappa shape index (κ3) is 9.52. The summed E-state index contributed by atoms with van der Waals surface area (Å²) in [6.45, 7) is 2.76. The lowest BCUT2D eigenvalue weighted by Gasteiger charge is -2.12. The fourth-order valence-corrected chi connectivity index (χ4v) is 0.881. The molecule has 0 aromatic heterocycles. The molecule has 3 nitrogen and oxygen atoms in total. The predicted molar refractivity (Wildman–Crippen MR) is 51.4 cm³/mol. The largest absolute Gasteiger partial charge is 0.401 e. The molecule has 0 aromatic rings. The van der Waals surface area contributed by atoms with Crippen LogP contribution in [-0.2, 0) is 4.79 Å². The number of hydrogen-bond donors (Lipinski definition) is 2. The zero-order chi connectivity index (χ0) is 11.9. The topological polar surface area (TPSA) is 41.1 Å². The van der Waals surface area contributed by atoms with Crippen LogP contribution in [0.1, 0.15) is 26.7 Å². The van der Waals surface area contributed by atoms with E-state index in [2.05, 4.69) is 10.6 Å². The van der Waals surface area contributed by atoms with Gasteiger partial charge in [-0.1, -0.05) is 6.92 Å². The van der Waals surface area contributed by atoms with E-state index in [1.54, 1.807) is 0 Å². The summed E-state index contributed by atoms with van der Waals surface area (Å²) in [7, 11) is 0. The Morgan fingerprint density at radius 3 is 2.47 bits per heavy atom. The summed E-state index contributed by atoms with van der Waals surface area (Å²) in [5.74, 6) is -0.223. The van der Waals surface area contributed by atoms with Crippen molar-refractivity contribution in [3.63, 3.8) is 0 Å². The quantitative estimate of drug-likeness (QED) is 0.673. The number of hydrogen-bond acceptors (Lipinski definition) is 2. The summed E-state index contributed by atoms with van der Waals surface area (Å²) in [5, 5.41) is 4.83. The van der Waals surface area contributed by atoms with Crippen molar-refractivity contribution in [2.45, 2.75) is 38.9 Å². The van der Waals surface area contributed by atoms with Crippen LogP contribution in [0.25, 0.3) is 0 Å². The molecule has 0 aliphatic carbocycles. The van der Waals surface area contributed by atoms with E-state index >= 15 is 0 Å². The first-order valence-corrected chi connectivity index (χ1v) is 4.92. The van der Waals surface area contributed by atoms with Gasteiger partial charge < -0.3 is 10.6 Å². The smallest absolute Gasteiger partial charge is 0.354 e. The number of carbonyl (C=O) groups is 1. The van der Waals surface area contributed by atoms with Crippen LogP contribution in [0, 0.1) is 0 Å². The fourth-order valence-electron chi connectivity index (χ4n) is 0.881. The van der Waals surface area contributed by atoms with Crippen LogP contribution in [0.5, 0.6) is 0 Å². The van der Waals surface area contributed by atoms with Gasteiger partial charge in [0.05, 0.1) is 6.54 Å². The SMILES string of the molecule is CCC(C)NC(=O)CCNCC(F)(F)F. The lowest BCUT2D eigenvalue weighted by Crippen LogP contribution is -2.36. The molecule has 0 saturated carbocycles. The van der Waals surface area contributed by atoms with Crippen molar-refractivity contribution in [2.75, 3.05) is 13.1 Å². The molecule has 15 heavy (non-hydrogen) atoms. The molecule has 1 unspecified atom stereocenters. The van der Waals surface area contributed by atoms with Crippen LogP contribution < -0.4 is 10.6 Å². The van der Waals surface area contributed by atoms with Gasteiger partial charge in [-0.3, -0.25) is 4.79 Å². The molecular formula is C9H17F3N2O. The second kappa shape index (κ2) is 6.66. The molecule has 6 heteroatoms. The molecule has 0 aliphatic rings. The zero-order valence-corrected chi connectivity index (χ0v) is 8.95. The standard InChI is InChI=1S/C9H17F3N2O/c1-3-7(2)14-8(15)4-5-13-6-9(10,11)12/h7,13H,3-6H2,1-2H3,(H,14,15). The Morgan fingerprint density at radius 2 is 2.00 bits per heavy atom. The summed E-state index contributed by atoms with van der Waals surface area (Å²) in [5.41, 5.74) is 0. The minimum atomic E-state index is -4.22. The van der Waals surface area contributed by atoms with E-state index in [9.17, 15) is 18.0 Å². The molecule has 0 aromatic carbocycles. The van der Waals surface area contributed by atoms with Crippen LogP contribution in [-0.4, -0.2) is 31.2 Å². The fraction of sp³-hybridized carbons (Fsp3) is 0.889. The Labute approximate surface area is 87.4 Å². The average molecular weight is 226 g/mol. The van der Waals surface area contributed by atoms with Crippen molar-refractivity contribution in [1.29, 1.82) is 0 Å². The molecule has 1 amide bonds. The second-order valence-electron chi connectivity index (χ2n) is 3.42. The minimum absolute atomic E-state index is 0.0434. The van der Waals surface area contributed by atoms with Gasteiger partial charge in [0, 0.05) is 19.0 Å². The number of alkyl halides is 3.